The Labute approximate surface area is 150 Å². The molecule has 0 atom stereocenters. The number of hydrogen-bond acceptors (Lipinski definition) is 1. The largest absolute Gasteiger partial charge is 0.256 e. The van der Waals surface area contributed by atoms with E-state index in [0.717, 1.165) is 10.8 Å². The molecule has 3 aromatic carbocycles. The van der Waals surface area contributed by atoms with Gasteiger partial charge in [0.2, 0.25) is 5.82 Å². The van der Waals surface area contributed by atoms with Crippen LogP contribution < -0.4 is 0 Å². The summed E-state index contributed by atoms with van der Waals surface area (Å²) in [4.78, 5) is 4.34. The molecule has 0 saturated heterocycles. The van der Waals surface area contributed by atoms with Crippen LogP contribution in [0.4, 0.5) is 22.0 Å². The molecule has 0 saturated carbocycles. The lowest BCUT2D eigenvalue weighted by Gasteiger charge is -2.10. The van der Waals surface area contributed by atoms with Gasteiger partial charge in [-0.05, 0) is 17.0 Å². The van der Waals surface area contributed by atoms with E-state index in [-0.39, 0.29) is 5.56 Å². The Balaban J connectivity index is 1.85. The van der Waals surface area contributed by atoms with Gasteiger partial charge < -0.3 is 0 Å². The van der Waals surface area contributed by atoms with Crippen LogP contribution in [0.3, 0.4) is 0 Å². The maximum atomic E-state index is 14.0. The number of pyridine rings is 1. The van der Waals surface area contributed by atoms with Crippen molar-refractivity contribution in [2.24, 2.45) is 0 Å². The summed E-state index contributed by atoms with van der Waals surface area (Å²) in [6.45, 7) is 0. The molecule has 134 valence electrons. The lowest BCUT2D eigenvalue weighted by molar-refractivity contribution is 0.381. The van der Waals surface area contributed by atoms with Gasteiger partial charge in [0.15, 0.2) is 23.3 Å². The van der Waals surface area contributed by atoms with E-state index in [9.17, 15) is 22.0 Å². The first-order valence-electron chi connectivity index (χ1n) is 7.95. The van der Waals surface area contributed by atoms with Crippen molar-refractivity contribution in [2.45, 2.75) is 0 Å². The molecule has 1 heterocycles. The van der Waals surface area contributed by atoms with Crippen LogP contribution in [0.15, 0.2) is 60.8 Å². The summed E-state index contributed by atoms with van der Waals surface area (Å²) in [5.41, 5.74) is 0.229. The van der Waals surface area contributed by atoms with Crippen molar-refractivity contribution in [3.63, 3.8) is 0 Å². The van der Waals surface area contributed by atoms with Gasteiger partial charge in [-0.2, -0.15) is 0 Å². The number of benzene rings is 3. The van der Waals surface area contributed by atoms with E-state index in [2.05, 4.69) is 4.98 Å². The van der Waals surface area contributed by atoms with E-state index in [1.165, 1.54) is 24.3 Å². The van der Waals surface area contributed by atoms with E-state index in [0.29, 0.717) is 11.3 Å². The van der Waals surface area contributed by atoms with Gasteiger partial charge in [-0.3, -0.25) is 4.98 Å². The average Bonchev–Trinajstić information content (AvgIpc) is 2.71. The molecule has 0 aliphatic rings. The number of nitrogens with zero attached hydrogens (tertiary/aromatic N) is 1. The van der Waals surface area contributed by atoms with Gasteiger partial charge in [-0.25, -0.2) is 22.0 Å². The molecule has 1 nitrogen and oxygen atoms in total. The van der Waals surface area contributed by atoms with Crippen LogP contribution in [0.1, 0.15) is 0 Å². The molecule has 27 heavy (non-hydrogen) atoms. The molecule has 0 N–H and O–H groups in total. The van der Waals surface area contributed by atoms with E-state index < -0.39 is 34.6 Å². The zero-order valence-corrected chi connectivity index (χ0v) is 13.6. The molecule has 0 bridgehead atoms. The quantitative estimate of drug-likeness (QED) is 0.230. The molecule has 0 spiro atoms. The van der Waals surface area contributed by atoms with Crippen LogP contribution in [0, 0.1) is 29.1 Å². The summed E-state index contributed by atoms with van der Waals surface area (Å²) in [6, 6.07) is 15.1. The third-order valence-corrected chi connectivity index (χ3v) is 4.33. The fourth-order valence-corrected chi connectivity index (χ4v) is 3.00. The van der Waals surface area contributed by atoms with Gasteiger partial charge in [0.05, 0.1) is 11.3 Å². The SMILES string of the molecule is Fc1c(F)c(F)c(-c2ccc(-c3nccc4ccccc34)cc2)c(F)c1F. The Morgan fingerprint density at radius 3 is 1.78 bits per heavy atom. The van der Waals surface area contributed by atoms with Crippen molar-refractivity contribution in [1.29, 1.82) is 0 Å². The summed E-state index contributed by atoms with van der Waals surface area (Å²) in [5.74, 6) is -9.83. The summed E-state index contributed by atoms with van der Waals surface area (Å²) < 4.78 is 68.1. The van der Waals surface area contributed by atoms with Crippen molar-refractivity contribution in [1.82, 2.24) is 4.98 Å². The molecule has 4 rings (SSSR count). The van der Waals surface area contributed by atoms with Crippen LogP contribution >= 0.6 is 0 Å². The molecule has 0 aliphatic carbocycles. The highest BCUT2D eigenvalue weighted by atomic mass is 19.2. The maximum Gasteiger partial charge on any atom is 0.200 e. The van der Waals surface area contributed by atoms with E-state index in [1.54, 1.807) is 6.20 Å². The Morgan fingerprint density at radius 2 is 1.11 bits per heavy atom. The van der Waals surface area contributed by atoms with Crippen LogP contribution in [0.25, 0.3) is 33.2 Å². The minimum atomic E-state index is -2.18. The maximum absolute atomic E-state index is 14.0. The Bertz CT molecular complexity index is 1140. The molecule has 0 aliphatic heterocycles. The predicted octanol–water partition coefficient (Wildman–Crippen LogP) is 6.26. The number of halogens is 5. The highest BCUT2D eigenvalue weighted by Crippen LogP contribution is 2.33. The van der Waals surface area contributed by atoms with Gasteiger partial charge in [0, 0.05) is 17.1 Å². The molecule has 0 radical (unpaired) electrons. The van der Waals surface area contributed by atoms with Gasteiger partial charge in [0.25, 0.3) is 0 Å². The second-order valence-electron chi connectivity index (χ2n) is 5.90. The van der Waals surface area contributed by atoms with Crippen molar-refractivity contribution in [3.8, 4) is 22.4 Å². The van der Waals surface area contributed by atoms with E-state index >= 15 is 0 Å². The lowest BCUT2D eigenvalue weighted by atomic mass is 9.99. The first kappa shape index (κ1) is 17.1. The normalized spacial score (nSPS) is 11.1. The zero-order chi connectivity index (χ0) is 19.1. The molecule has 0 amide bonds. The zero-order valence-electron chi connectivity index (χ0n) is 13.6. The van der Waals surface area contributed by atoms with Crippen LogP contribution in [0.2, 0.25) is 0 Å². The minimum Gasteiger partial charge on any atom is -0.256 e. The number of hydrogen-bond donors (Lipinski definition) is 0. The third-order valence-electron chi connectivity index (χ3n) is 4.33. The summed E-state index contributed by atoms with van der Waals surface area (Å²) in [5, 5.41) is 1.84. The fraction of sp³-hybridized carbons (Fsp3) is 0. The minimum absolute atomic E-state index is 0.119. The molecule has 0 unspecified atom stereocenters. The highest BCUT2D eigenvalue weighted by Gasteiger charge is 2.26. The Kier molecular flexibility index (Phi) is 4.11. The van der Waals surface area contributed by atoms with E-state index in [1.807, 2.05) is 30.3 Å². The number of aromatic nitrogens is 1. The highest BCUT2D eigenvalue weighted by molar-refractivity contribution is 5.94. The van der Waals surface area contributed by atoms with Crippen LogP contribution in [-0.4, -0.2) is 4.98 Å². The fourth-order valence-electron chi connectivity index (χ4n) is 3.00. The van der Waals surface area contributed by atoms with Gasteiger partial charge in [-0.1, -0.05) is 48.5 Å². The van der Waals surface area contributed by atoms with Crippen molar-refractivity contribution < 1.29 is 22.0 Å². The van der Waals surface area contributed by atoms with E-state index in [4.69, 9.17) is 0 Å². The summed E-state index contributed by atoms with van der Waals surface area (Å²) in [7, 11) is 0. The first-order valence-corrected chi connectivity index (χ1v) is 7.95. The number of fused-ring (bicyclic) bond motifs is 1. The van der Waals surface area contributed by atoms with Crippen molar-refractivity contribution in [2.75, 3.05) is 0 Å². The summed E-state index contributed by atoms with van der Waals surface area (Å²) in [6.07, 6.45) is 1.63. The Hall–Kier alpha value is -3.28. The topological polar surface area (TPSA) is 12.9 Å². The van der Waals surface area contributed by atoms with Crippen molar-refractivity contribution >= 4 is 10.8 Å². The monoisotopic (exact) mass is 371 g/mol. The van der Waals surface area contributed by atoms with Crippen LogP contribution in [-0.2, 0) is 0 Å². The molecule has 0 fully saturated rings. The molecule has 1 aromatic heterocycles. The first-order chi connectivity index (χ1) is 13.0. The second-order valence-corrected chi connectivity index (χ2v) is 5.90. The van der Waals surface area contributed by atoms with Crippen LogP contribution in [0.5, 0.6) is 0 Å². The summed E-state index contributed by atoms with van der Waals surface area (Å²) >= 11 is 0. The van der Waals surface area contributed by atoms with Gasteiger partial charge >= 0.3 is 0 Å². The predicted molar refractivity (Wildman–Crippen MR) is 92.4 cm³/mol. The molecular weight excluding hydrogens is 361 g/mol. The Morgan fingerprint density at radius 1 is 0.556 bits per heavy atom. The molecule has 4 aromatic rings. The molecule has 6 heteroatoms. The van der Waals surface area contributed by atoms with Gasteiger partial charge in [-0.15, -0.1) is 0 Å². The second kappa shape index (κ2) is 6.46. The third kappa shape index (κ3) is 2.73. The van der Waals surface area contributed by atoms with Crippen molar-refractivity contribution in [3.05, 3.63) is 89.9 Å². The standard InChI is InChI=1S/C21H10F5N/c22-16-15(17(23)19(25)20(26)18(16)24)12-5-7-13(8-6-12)21-14-4-2-1-3-11(14)9-10-27-21/h1-10H. The lowest BCUT2D eigenvalue weighted by Crippen LogP contribution is -2.04. The smallest absolute Gasteiger partial charge is 0.200 e. The number of rotatable bonds is 2. The molecular formula is C21H10F5N. The van der Waals surface area contributed by atoms with Gasteiger partial charge in [0.1, 0.15) is 0 Å². The average molecular weight is 371 g/mol.